The smallest absolute Gasteiger partial charge is 0.307 e. The number of methoxy groups -OCH3 is 1. The number of hydrogen-bond acceptors (Lipinski definition) is 3. The molecule has 1 aromatic heterocycles. The first kappa shape index (κ1) is 10.9. The van der Waals surface area contributed by atoms with Crippen molar-refractivity contribution in [3.05, 3.63) is 24.0 Å². The molecule has 0 aliphatic heterocycles. The molecule has 1 heterocycles. The van der Waals surface area contributed by atoms with Crippen LogP contribution >= 0.6 is 0 Å². The van der Waals surface area contributed by atoms with Gasteiger partial charge < -0.3 is 9.84 Å². The molecule has 1 N–H and O–H groups in total. The molecule has 4 nitrogen and oxygen atoms in total. The van der Waals surface area contributed by atoms with Crippen LogP contribution in [0.4, 0.5) is 0 Å². The zero-order valence-corrected chi connectivity index (χ0v) is 9.60. The molecule has 0 unspecified atom stereocenters. The number of aliphatic carboxylic acids is 1. The average Bonchev–Trinajstić information content (AvgIpc) is 2.81. The van der Waals surface area contributed by atoms with Crippen LogP contribution < -0.4 is 4.74 Å². The third-order valence-electron chi connectivity index (χ3n) is 3.41. The molecule has 86 valence electrons. The minimum atomic E-state index is -0.761. The maximum absolute atomic E-state index is 11.1. The Morgan fingerprint density at radius 3 is 2.75 bits per heavy atom. The summed E-state index contributed by atoms with van der Waals surface area (Å²) in [5.74, 6) is -0.510. The summed E-state index contributed by atoms with van der Waals surface area (Å²) in [6.07, 6.45) is 1.67. The zero-order chi connectivity index (χ0) is 11.9. The van der Waals surface area contributed by atoms with Crippen LogP contribution in [0.3, 0.4) is 0 Å². The highest BCUT2D eigenvalue weighted by molar-refractivity contribution is 5.77. The van der Waals surface area contributed by atoms with Gasteiger partial charge in [0, 0.05) is 12.1 Å². The van der Waals surface area contributed by atoms with Gasteiger partial charge in [-0.3, -0.25) is 9.78 Å². The van der Waals surface area contributed by atoms with E-state index in [0.717, 1.165) is 5.69 Å². The third-order valence-corrected chi connectivity index (χ3v) is 3.41. The number of ether oxygens (including phenoxy) is 1. The highest BCUT2D eigenvalue weighted by Gasteiger charge is 2.64. The molecule has 1 aliphatic rings. The van der Waals surface area contributed by atoms with E-state index in [-0.39, 0.29) is 17.3 Å². The molecule has 0 radical (unpaired) electrons. The van der Waals surface area contributed by atoms with Gasteiger partial charge in [0.2, 0.25) is 0 Å². The molecule has 16 heavy (non-hydrogen) atoms. The van der Waals surface area contributed by atoms with Crippen molar-refractivity contribution in [1.29, 1.82) is 0 Å². The van der Waals surface area contributed by atoms with Crippen molar-refractivity contribution in [2.45, 2.75) is 19.8 Å². The monoisotopic (exact) mass is 221 g/mol. The normalized spacial score (nSPS) is 26.2. The topological polar surface area (TPSA) is 59.4 Å². The second-order valence-corrected chi connectivity index (χ2v) is 4.71. The molecule has 0 bridgehead atoms. The number of carbonyl (C=O) groups is 1. The van der Waals surface area contributed by atoms with Gasteiger partial charge in [-0.25, -0.2) is 0 Å². The molecule has 0 amide bonds. The van der Waals surface area contributed by atoms with Gasteiger partial charge in [-0.1, -0.05) is 13.8 Å². The van der Waals surface area contributed by atoms with Crippen LogP contribution in [0.1, 0.15) is 25.5 Å². The van der Waals surface area contributed by atoms with Crippen LogP contribution in [0.25, 0.3) is 0 Å². The summed E-state index contributed by atoms with van der Waals surface area (Å²) >= 11 is 0. The SMILES string of the molecule is COc1cccnc1[C@@H]1[C@@H](C(=O)O)C1(C)C. The molecule has 0 spiro atoms. The Bertz CT molecular complexity index is 428. The lowest BCUT2D eigenvalue weighted by Gasteiger charge is -2.07. The highest BCUT2D eigenvalue weighted by atomic mass is 16.5. The fourth-order valence-corrected chi connectivity index (χ4v) is 2.42. The molecule has 4 heteroatoms. The van der Waals surface area contributed by atoms with E-state index in [1.807, 2.05) is 19.9 Å². The Morgan fingerprint density at radius 1 is 1.56 bits per heavy atom. The highest BCUT2D eigenvalue weighted by Crippen LogP contribution is 2.65. The number of aromatic nitrogens is 1. The number of rotatable bonds is 3. The number of pyridine rings is 1. The minimum absolute atomic E-state index is 0.0545. The molecule has 1 fully saturated rings. The van der Waals surface area contributed by atoms with Crippen molar-refractivity contribution < 1.29 is 14.6 Å². The summed E-state index contributed by atoms with van der Waals surface area (Å²) in [5, 5.41) is 9.12. The van der Waals surface area contributed by atoms with Crippen molar-refractivity contribution in [3.8, 4) is 5.75 Å². The van der Waals surface area contributed by atoms with Gasteiger partial charge >= 0.3 is 5.97 Å². The molecule has 1 saturated carbocycles. The van der Waals surface area contributed by atoms with Crippen LogP contribution in [0.15, 0.2) is 18.3 Å². The largest absolute Gasteiger partial charge is 0.495 e. The number of nitrogens with zero attached hydrogens (tertiary/aromatic N) is 1. The van der Waals surface area contributed by atoms with E-state index in [1.54, 1.807) is 19.4 Å². The Balaban J connectivity index is 2.37. The van der Waals surface area contributed by atoms with Gasteiger partial charge in [0.1, 0.15) is 5.75 Å². The Hall–Kier alpha value is -1.58. The predicted octanol–water partition coefficient (Wildman–Crippen LogP) is 1.91. The third kappa shape index (κ3) is 1.45. The Labute approximate surface area is 94.3 Å². The quantitative estimate of drug-likeness (QED) is 0.847. The standard InChI is InChI=1S/C12H15NO3/c1-12(2)8(9(12)11(14)15)10-7(16-3)5-4-6-13-10/h4-6,8-9H,1-3H3,(H,14,15)/t8-,9-/m0/s1. The second-order valence-electron chi connectivity index (χ2n) is 4.71. The van der Waals surface area contributed by atoms with E-state index in [2.05, 4.69) is 4.98 Å². The summed E-state index contributed by atoms with van der Waals surface area (Å²) in [6.45, 7) is 3.90. The van der Waals surface area contributed by atoms with E-state index >= 15 is 0 Å². The van der Waals surface area contributed by atoms with Gasteiger partial charge in [-0.05, 0) is 17.5 Å². The zero-order valence-electron chi connectivity index (χ0n) is 9.60. The number of hydrogen-bond donors (Lipinski definition) is 1. The summed E-state index contributed by atoms with van der Waals surface area (Å²) in [4.78, 5) is 15.3. The molecule has 1 aliphatic carbocycles. The molecule has 0 saturated heterocycles. The lowest BCUT2D eigenvalue weighted by atomic mass is 10.1. The van der Waals surface area contributed by atoms with E-state index in [4.69, 9.17) is 9.84 Å². The first-order chi connectivity index (χ1) is 7.50. The van der Waals surface area contributed by atoms with Crippen molar-refractivity contribution >= 4 is 5.97 Å². The fraction of sp³-hybridized carbons (Fsp3) is 0.500. The van der Waals surface area contributed by atoms with Crippen molar-refractivity contribution in [2.75, 3.05) is 7.11 Å². The van der Waals surface area contributed by atoms with E-state index in [9.17, 15) is 4.79 Å². The van der Waals surface area contributed by atoms with Gasteiger partial charge in [-0.2, -0.15) is 0 Å². The molecule has 0 aromatic carbocycles. The van der Waals surface area contributed by atoms with Crippen molar-refractivity contribution in [3.63, 3.8) is 0 Å². The van der Waals surface area contributed by atoms with Gasteiger partial charge in [0.05, 0.1) is 18.7 Å². The maximum Gasteiger partial charge on any atom is 0.307 e. The van der Waals surface area contributed by atoms with E-state index in [0.29, 0.717) is 5.75 Å². The number of carboxylic acids is 1. The fourth-order valence-electron chi connectivity index (χ4n) is 2.42. The summed E-state index contributed by atoms with van der Waals surface area (Å²) in [6, 6.07) is 3.60. The van der Waals surface area contributed by atoms with Crippen LogP contribution in [-0.4, -0.2) is 23.2 Å². The maximum atomic E-state index is 11.1. The lowest BCUT2D eigenvalue weighted by Crippen LogP contribution is -2.03. The van der Waals surface area contributed by atoms with Crippen LogP contribution in [-0.2, 0) is 4.79 Å². The first-order valence-electron chi connectivity index (χ1n) is 5.22. The summed E-state index contributed by atoms with van der Waals surface area (Å²) < 4.78 is 5.21. The molecule has 1 aromatic rings. The Morgan fingerprint density at radius 2 is 2.25 bits per heavy atom. The first-order valence-corrected chi connectivity index (χ1v) is 5.22. The van der Waals surface area contributed by atoms with Crippen LogP contribution in [0.2, 0.25) is 0 Å². The summed E-state index contributed by atoms with van der Waals surface area (Å²) in [7, 11) is 1.58. The Kier molecular flexibility index (Phi) is 2.37. The van der Waals surface area contributed by atoms with Crippen LogP contribution in [0, 0.1) is 11.3 Å². The van der Waals surface area contributed by atoms with Gasteiger partial charge in [0.25, 0.3) is 0 Å². The van der Waals surface area contributed by atoms with E-state index < -0.39 is 5.97 Å². The van der Waals surface area contributed by atoms with E-state index in [1.165, 1.54) is 0 Å². The average molecular weight is 221 g/mol. The van der Waals surface area contributed by atoms with Gasteiger partial charge in [-0.15, -0.1) is 0 Å². The molecule has 2 atom stereocenters. The van der Waals surface area contributed by atoms with Crippen LogP contribution in [0.5, 0.6) is 5.75 Å². The van der Waals surface area contributed by atoms with Gasteiger partial charge in [0.15, 0.2) is 0 Å². The summed E-state index contributed by atoms with van der Waals surface area (Å²) in [5.41, 5.74) is 0.510. The molecular formula is C12H15NO3. The minimum Gasteiger partial charge on any atom is -0.495 e. The molecular weight excluding hydrogens is 206 g/mol. The second kappa shape index (κ2) is 3.47. The lowest BCUT2D eigenvalue weighted by molar-refractivity contribution is -0.139. The predicted molar refractivity (Wildman–Crippen MR) is 58.4 cm³/mol. The van der Waals surface area contributed by atoms with Crippen molar-refractivity contribution in [2.24, 2.45) is 11.3 Å². The molecule has 2 rings (SSSR count). The number of carboxylic acid groups (broad SMARTS) is 1. The van der Waals surface area contributed by atoms with Crippen molar-refractivity contribution in [1.82, 2.24) is 4.98 Å².